The maximum absolute atomic E-state index is 15.2. The molecule has 13 heteroatoms. The number of rotatable bonds is 11. The molecule has 0 aliphatic carbocycles. The van der Waals surface area contributed by atoms with E-state index in [0.717, 1.165) is 45.2 Å². The molecule has 0 amide bonds. The summed E-state index contributed by atoms with van der Waals surface area (Å²) in [6, 6.07) is 8.71. The van der Waals surface area contributed by atoms with Crippen LogP contribution in [-0.4, -0.2) is 94.8 Å². The lowest BCUT2D eigenvalue weighted by atomic mass is 10.1. The molecule has 3 aromatic rings. The van der Waals surface area contributed by atoms with E-state index in [1.54, 1.807) is 57.4 Å². The van der Waals surface area contributed by atoms with E-state index in [1.165, 1.54) is 12.1 Å². The molecule has 1 unspecified atom stereocenters. The second-order valence-electron chi connectivity index (χ2n) is 10.9. The number of allylic oxidation sites excluding steroid dienone is 1. The Kier molecular flexibility index (Phi) is 9.25. The first-order valence-electron chi connectivity index (χ1n) is 14.3. The number of nitrogens with zero attached hydrogens (tertiary/aromatic N) is 4. The summed E-state index contributed by atoms with van der Waals surface area (Å²) in [5.41, 5.74) is 4.29. The van der Waals surface area contributed by atoms with Gasteiger partial charge in [-0.15, -0.1) is 0 Å². The third kappa shape index (κ3) is 6.96. The fraction of sp³-hybridized carbons (Fsp3) is 0.433. The number of ether oxygens (including phenoxy) is 3. The normalized spacial score (nSPS) is 18.4. The molecule has 232 valence electrons. The quantitative estimate of drug-likeness (QED) is 0.308. The van der Waals surface area contributed by atoms with Gasteiger partial charge in [0.2, 0.25) is 0 Å². The van der Waals surface area contributed by atoms with Gasteiger partial charge in [0.25, 0.3) is 10.0 Å². The topological polar surface area (TPSA) is 108 Å². The second kappa shape index (κ2) is 12.9. The third-order valence-electron chi connectivity index (χ3n) is 7.79. The second-order valence-corrected chi connectivity index (χ2v) is 12.5. The zero-order valence-corrected chi connectivity index (χ0v) is 26.0. The van der Waals surface area contributed by atoms with Crippen molar-refractivity contribution in [2.75, 3.05) is 65.3 Å². The van der Waals surface area contributed by atoms with E-state index in [9.17, 15) is 8.42 Å². The Morgan fingerprint density at radius 2 is 1.81 bits per heavy atom. The predicted molar refractivity (Wildman–Crippen MR) is 164 cm³/mol. The van der Waals surface area contributed by atoms with Gasteiger partial charge in [-0.3, -0.25) is 9.71 Å². The lowest BCUT2D eigenvalue weighted by molar-refractivity contribution is 0.145. The maximum Gasteiger partial charge on any atom is 0.261 e. The minimum atomic E-state index is -3.91. The number of benzene rings is 2. The largest absolute Gasteiger partial charge is 0.493 e. The molecule has 0 spiro atoms. The van der Waals surface area contributed by atoms with Crippen LogP contribution in [0.5, 0.6) is 23.0 Å². The zero-order chi connectivity index (χ0) is 30.7. The average molecular weight is 615 g/mol. The van der Waals surface area contributed by atoms with Gasteiger partial charge in [0, 0.05) is 69.2 Å². The van der Waals surface area contributed by atoms with E-state index >= 15 is 4.39 Å². The molecule has 1 atom stereocenters. The van der Waals surface area contributed by atoms with Crippen LogP contribution in [-0.2, 0) is 10.0 Å². The van der Waals surface area contributed by atoms with Crippen molar-refractivity contribution in [2.45, 2.75) is 26.3 Å². The van der Waals surface area contributed by atoms with Crippen molar-refractivity contribution in [1.29, 1.82) is 0 Å². The standard InChI is InChI=1S/C30H39FN6O5S/c1-20-30(21(2)36(4)33-20)43(38,39)34-22-7-8-27(24(31)17-22)42-26-9-10-32-25-19-29(28(40-5)18-23(25)26)41-16-6-11-37-14-12-35(3)13-15-37/h7-10,17-20,33-34H,6,11-16H2,1-5H3. The first-order chi connectivity index (χ1) is 20.6. The highest BCUT2D eigenvalue weighted by molar-refractivity contribution is 7.96. The molecule has 0 bridgehead atoms. The molecule has 1 saturated heterocycles. The van der Waals surface area contributed by atoms with Gasteiger partial charge in [-0.25, -0.2) is 18.2 Å². The van der Waals surface area contributed by atoms with Crippen molar-refractivity contribution >= 4 is 26.6 Å². The van der Waals surface area contributed by atoms with Crippen molar-refractivity contribution in [3.05, 3.63) is 59.0 Å². The molecule has 1 fully saturated rings. The highest BCUT2D eigenvalue weighted by atomic mass is 32.2. The lowest BCUT2D eigenvalue weighted by Gasteiger charge is -2.32. The van der Waals surface area contributed by atoms with E-state index in [4.69, 9.17) is 14.2 Å². The van der Waals surface area contributed by atoms with E-state index < -0.39 is 21.9 Å². The fourth-order valence-electron chi connectivity index (χ4n) is 5.36. The summed E-state index contributed by atoms with van der Waals surface area (Å²) < 4.78 is 61.3. The lowest BCUT2D eigenvalue weighted by Crippen LogP contribution is -2.44. The number of sulfonamides is 1. The number of anilines is 1. The summed E-state index contributed by atoms with van der Waals surface area (Å²) in [7, 11) is 1.53. The number of aromatic nitrogens is 1. The Labute approximate surface area is 252 Å². The fourth-order valence-corrected chi connectivity index (χ4v) is 6.95. The van der Waals surface area contributed by atoms with Gasteiger partial charge in [-0.2, -0.15) is 0 Å². The SMILES string of the molecule is COc1cc2c(Oc3ccc(NS(=O)(=O)C4=C(C)N(C)NC4C)cc3F)ccnc2cc1OCCCN1CCN(C)CC1. The van der Waals surface area contributed by atoms with Crippen LogP contribution in [0.2, 0.25) is 0 Å². The molecule has 0 saturated carbocycles. The van der Waals surface area contributed by atoms with E-state index in [-0.39, 0.29) is 16.3 Å². The average Bonchev–Trinajstić information content (AvgIpc) is 3.24. The molecular formula is C30H39FN6O5S. The Morgan fingerprint density at radius 1 is 1.05 bits per heavy atom. The van der Waals surface area contributed by atoms with Gasteiger partial charge >= 0.3 is 0 Å². The van der Waals surface area contributed by atoms with Crippen molar-refractivity contribution < 1.29 is 27.0 Å². The molecule has 3 heterocycles. The van der Waals surface area contributed by atoms with Crippen LogP contribution < -0.4 is 24.4 Å². The van der Waals surface area contributed by atoms with Crippen molar-refractivity contribution in [3.8, 4) is 23.0 Å². The molecule has 5 rings (SSSR count). The van der Waals surface area contributed by atoms with Crippen LogP contribution in [0.3, 0.4) is 0 Å². The van der Waals surface area contributed by atoms with Crippen molar-refractivity contribution in [1.82, 2.24) is 25.2 Å². The summed E-state index contributed by atoms with van der Waals surface area (Å²) in [4.78, 5) is 9.42. The van der Waals surface area contributed by atoms with Gasteiger partial charge < -0.3 is 29.0 Å². The third-order valence-corrected chi connectivity index (χ3v) is 9.53. The number of hydrogen-bond donors (Lipinski definition) is 2. The molecule has 2 N–H and O–H groups in total. The first-order valence-corrected chi connectivity index (χ1v) is 15.8. The molecular weight excluding hydrogens is 575 g/mol. The van der Waals surface area contributed by atoms with Crippen LogP contribution in [0.15, 0.2) is 53.2 Å². The molecule has 43 heavy (non-hydrogen) atoms. The van der Waals surface area contributed by atoms with Gasteiger partial charge in [-0.05, 0) is 51.6 Å². The number of pyridine rings is 1. The number of likely N-dealkylation sites (N-methyl/N-ethyl adjacent to an activating group) is 1. The van der Waals surface area contributed by atoms with E-state index in [0.29, 0.717) is 40.5 Å². The molecule has 2 aliphatic rings. The van der Waals surface area contributed by atoms with Crippen LogP contribution in [0.4, 0.5) is 10.1 Å². The van der Waals surface area contributed by atoms with E-state index in [1.807, 2.05) is 0 Å². The van der Waals surface area contributed by atoms with Gasteiger partial charge in [-0.1, -0.05) is 0 Å². The Balaban J connectivity index is 1.28. The van der Waals surface area contributed by atoms with Gasteiger partial charge in [0.15, 0.2) is 23.1 Å². The number of methoxy groups -OCH3 is 1. The number of hydrazine groups is 1. The minimum Gasteiger partial charge on any atom is -0.493 e. The molecule has 0 radical (unpaired) electrons. The van der Waals surface area contributed by atoms with Gasteiger partial charge in [0.05, 0.1) is 31.0 Å². The summed E-state index contributed by atoms with van der Waals surface area (Å²) in [6.07, 6.45) is 2.46. The Hall–Kier alpha value is -3.65. The summed E-state index contributed by atoms with van der Waals surface area (Å²) in [5.74, 6) is 0.666. The zero-order valence-electron chi connectivity index (χ0n) is 25.2. The predicted octanol–water partition coefficient (Wildman–Crippen LogP) is 4.00. The highest BCUT2D eigenvalue weighted by Gasteiger charge is 2.33. The molecule has 1 aromatic heterocycles. The minimum absolute atomic E-state index is 0.0651. The number of hydrogen-bond acceptors (Lipinski definition) is 10. The maximum atomic E-state index is 15.2. The number of fused-ring (bicyclic) bond motifs is 1. The van der Waals surface area contributed by atoms with Crippen molar-refractivity contribution in [3.63, 3.8) is 0 Å². The van der Waals surface area contributed by atoms with Crippen molar-refractivity contribution in [2.24, 2.45) is 0 Å². The summed E-state index contributed by atoms with van der Waals surface area (Å²) in [5, 5.41) is 2.26. The van der Waals surface area contributed by atoms with Crippen LogP contribution in [0.25, 0.3) is 10.9 Å². The monoisotopic (exact) mass is 614 g/mol. The highest BCUT2D eigenvalue weighted by Crippen LogP contribution is 2.38. The summed E-state index contributed by atoms with van der Waals surface area (Å²) >= 11 is 0. The number of halogens is 1. The Morgan fingerprint density at radius 3 is 2.49 bits per heavy atom. The Bertz CT molecular complexity index is 1610. The summed E-state index contributed by atoms with van der Waals surface area (Å²) in [6.45, 7) is 9.25. The van der Waals surface area contributed by atoms with E-state index in [2.05, 4.69) is 32.0 Å². The number of nitrogens with one attached hydrogen (secondary N) is 2. The first kappa shape index (κ1) is 30.8. The van der Waals surface area contributed by atoms with Crippen LogP contribution >= 0.6 is 0 Å². The molecule has 2 aromatic carbocycles. The molecule has 2 aliphatic heterocycles. The molecule has 11 nitrogen and oxygen atoms in total. The van der Waals surface area contributed by atoms with Crippen LogP contribution in [0.1, 0.15) is 20.3 Å². The van der Waals surface area contributed by atoms with Crippen LogP contribution in [0, 0.1) is 5.82 Å². The van der Waals surface area contributed by atoms with Gasteiger partial charge in [0.1, 0.15) is 10.7 Å². The number of piperazine rings is 1. The smallest absolute Gasteiger partial charge is 0.261 e.